The Hall–Kier alpha value is -1.35. The molecule has 0 bridgehead atoms. The van der Waals surface area contributed by atoms with Gasteiger partial charge in [-0.05, 0) is 37.1 Å². The van der Waals surface area contributed by atoms with Gasteiger partial charge in [0.2, 0.25) is 0 Å². The molecule has 2 N–H and O–H groups in total. The summed E-state index contributed by atoms with van der Waals surface area (Å²) in [7, 11) is 0. The van der Waals surface area contributed by atoms with Gasteiger partial charge < -0.3 is 10.4 Å². The molecular weight excluding hydrogens is 214 g/mol. The molecule has 0 heterocycles. The largest absolute Gasteiger partial charge is 0.396 e. The van der Waals surface area contributed by atoms with Crippen LogP contribution in [0.3, 0.4) is 0 Å². The molecule has 0 saturated heterocycles. The Morgan fingerprint density at radius 3 is 2.47 bits per heavy atom. The molecule has 1 aromatic rings. The predicted octanol–water partition coefficient (Wildman–Crippen LogP) is 2.05. The molecule has 1 aromatic carbocycles. The number of hydrogen-bond donors (Lipinski definition) is 2. The first kappa shape index (κ1) is 13.7. The summed E-state index contributed by atoms with van der Waals surface area (Å²) in [5, 5.41) is 11.9. The van der Waals surface area contributed by atoms with Crippen LogP contribution in [0.25, 0.3) is 0 Å². The standard InChI is InChI=1S/C14H21NO2/c1-10-5-6-12(7-11(10)2)13(17)15-8-14(3,4)9-16/h5-7,16H,8-9H2,1-4H3,(H,15,17). The van der Waals surface area contributed by atoms with E-state index in [0.29, 0.717) is 12.1 Å². The van der Waals surface area contributed by atoms with Crippen LogP contribution >= 0.6 is 0 Å². The van der Waals surface area contributed by atoms with Crippen LogP contribution in [0.15, 0.2) is 18.2 Å². The van der Waals surface area contributed by atoms with Gasteiger partial charge in [0, 0.05) is 24.1 Å². The summed E-state index contributed by atoms with van der Waals surface area (Å²) >= 11 is 0. The molecule has 94 valence electrons. The van der Waals surface area contributed by atoms with Crippen molar-refractivity contribution >= 4 is 5.91 Å². The first-order chi connectivity index (χ1) is 7.85. The number of hydrogen-bond acceptors (Lipinski definition) is 2. The zero-order valence-electron chi connectivity index (χ0n) is 11.0. The number of benzene rings is 1. The van der Waals surface area contributed by atoms with E-state index in [1.165, 1.54) is 5.56 Å². The Morgan fingerprint density at radius 2 is 1.94 bits per heavy atom. The van der Waals surface area contributed by atoms with E-state index in [4.69, 9.17) is 5.11 Å². The molecule has 0 aliphatic carbocycles. The van der Waals surface area contributed by atoms with Gasteiger partial charge in [-0.3, -0.25) is 4.79 Å². The van der Waals surface area contributed by atoms with Crippen LogP contribution in [0.2, 0.25) is 0 Å². The Balaban J connectivity index is 2.68. The third-order valence-corrected chi connectivity index (χ3v) is 2.92. The van der Waals surface area contributed by atoms with Crippen molar-refractivity contribution in [3.63, 3.8) is 0 Å². The minimum atomic E-state index is -0.282. The summed E-state index contributed by atoms with van der Waals surface area (Å²) in [6.45, 7) is 8.35. The van der Waals surface area contributed by atoms with E-state index >= 15 is 0 Å². The van der Waals surface area contributed by atoms with Gasteiger partial charge in [-0.15, -0.1) is 0 Å². The molecule has 0 radical (unpaired) electrons. The van der Waals surface area contributed by atoms with Gasteiger partial charge in [0.25, 0.3) is 5.91 Å². The highest BCUT2D eigenvalue weighted by atomic mass is 16.3. The number of rotatable bonds is 4. The van der Waals surface area contributed by atoms with E-state index < -0.39 is 0 Å². The van der Waals surface area contributed by atoms with E-state index in [2.05, 4.69) is 5.32 Å². The normalized spacial score (nSPS) is 11.4. The van der Waals surface area contributed by atoms with E-state index in [9.17, 15) is 4.79 Å². The summed E-state index contributed by atoms with van der Waals surface area (Å²) in [6, 6.07) is 5.65. The maximum Gasteiger partial charge on any atom is 0.251 e. The highest BCUT2D eigenvalue weighted by Crippen LogP contribution is 2.13. The lowest BCUT2D eigenvalue weighted by Crippen LogP contribution is -2.36. The molecule has 0 fully saturated rings. The Kier molecular flexibility index (Phi) is 4.29. The van der Waals surface area contributed by atoms with Crippen molar-refractivity contribution in [1.82, 2.24) is 5.32 Å². The second-order valence-corrected chi connectivity index (χ2v) is 5.30. The second-order valence-electron chi connectivity index (χ2n) is 5.30. The maximum absolute atomic E-state index is 11.9. The molecule has 0 saturated carbocycles. The van der Waals surface area contributed by atoms with Gasteiger partial charge in [0.05, 0.1) is 0 Å². The van der Waals surface area contributed by atoms with Crippen molar-refractivity contribution in [2.24, 2.45) is 5.41 Å². The van der Waals surface area contributed by atoms with Crippen molar-refractivity contribution in [2.45, 2.75) is 27.7 Å². The van der Waals surface area contributed by atoms with Crippen LogP contribution in [0, 0.1) is 19.3 Å². The SMILES string of the molecule is Cc1ccc(C(=O)NCC(C)(C)CO)cc1C. The molecule has 0 aliphatic heterocycles. The molecule has 3 heteroatoms. The fourth-order valence-electron chi connectivity index (χ4n) is 1.36. The topological polar surface area (TPSA) is 49.3 Å². The lowest BCUT2D eigenvalue weighted by atomic mass is 9.95. The number of aliphatic hydroxyl groups excluding tert-OH is 1. The van der Waals surface area contributed by atoms with E-state index in [0.717, 1.165) is 5.56 Å². The van der Waals surface area contributed by atoms with Gasteiger partial charge in [-0.25, -0.2) is 0 Å². The van der Waals surface area contributed by atoms with E-state index in [1.807, 2.05) is 45.9 Å². The van der Waals surface area contributed by atoms with Gasteiger partial charge in [-0.2, -0.15) is 0 Å². The average Bonchev–Trinajstić information content (AvgIpc) is 2.30. The van der Waals surface area contributed by atoms with Crippen LogP contribution < -0.4 is 5.32 Å². The minimum absolute atomic E-state index is 0.0558. The highest BCUT2D eigenvalue weighted by Gasteiger charge is 2.17. The van der Waals surface area contributed by atoms with Crippen LogP contribution in [0.1, 0.15) is 35.3 Å². The molecule has 0 spiro atoms. The molecular formula is C14H21NO2. The Morgan fingerprint density at radius 1 is 1.29 bits per heavy atom. The molecule has 0 atom stereocenters. The highest BCUT2D eigenvalue weighted by molar-refractivity contribution is 5.94. The number of amides is 1. The second kappa shape index (κ2) is 5.32. The van der Waals surface area contributed by atoms with Crippen molar-refractivity contribution in [2.75, 3.05) is 13.2 Å². The number of nitrogens with one attached hydrogen (secondary N) is 1. The minimum Gasteiger partial charge on any atom is -0.396 e. The summed E-state index contributed by atoms with van der Waals surface area (Å²) in [4.78, 5) is 11.9. The zero-order valence-corrected chi connectivity index (χ0v) is 11.0. The molecule has 0 aromatic heterocycles. The summed E-state index contributed by atoms with van der Waals surface area (Å²) in [5.41, 5.74) is 2.67. The first-order valence-electron chi connectivity index (χ1n) is 5.82. The lowest BCUT2D eigenvalue weighted by molar-refractivity contribution is 0.0911. The van der Waals surface area contributed by atoms with Crippen molar-refractivity contribution in [3.05, 3.63) is 34.9 Å². The fourth-order valence-corrected chi connectivity index (χ4v) is 1.36. The van der Waals surface area contributed by atoms with Crippen molar-refractivity contribution in [1.29, 1.82) is 0 Å². The van der Waals surface area contributed by atoms with Crippen LogP contribution in [-0.2, 0) is 0 Å². The number of carbonyl (C=O) groups excluding carboxylic acids is 1. The van der Waals surface area contributed by atoms with Gasteiger partial charge in [0.1, 0.15) is 0 Å². The average molecular weight is 235 g/mol. The molecule has 3 nitrogen and oxygen atoms in total. The summed E-state index contributed by atoms with van der Waals surface area (Å²) in [5.74, 6) is -0.0883. The molecule has 0 unspecified atom stereocenters. The zero-order chi connectivity index (χ0) is 13.1. The van der Waals surface area contributed by atoms with Gasteiger partial charge >= 0.3 is 0 Å². The maximum atomic E-state index is 11.9. The number of carbonyl (C=O) groups is 1. The predicted molar refractivity (Wildman–Crippen MR) is 69.1 cm³/mol. The molecule has 1 rings (SSSR count). The Bertz CT molecular complexity index is 411. The third-order valence-electron chi connectivity index (χ3n) is 2.92. The first-order valence-corrected chi connectivity index (χ1v) is 5.82. The van der Waals surface area contributed by atoms with Gasteiger partial charge in [0.15, 0.2) is 0 Å². The fraction of sp³-hybridized carbons (Fsp3) is 0.500. The summed E-state index contributed by atoms with van der Waals surface area (Å²) < 4.78 is 0. The van der Waals surface area contributed by atoms with Gasteiger partial charge in [-0.1, -0.05) is 19.9 Å². The smallest absolute Gasteiger partial charge is 0.251 e. The number of aliphatic hydroxyl groups is 1. The van der Waals surface area contributed by atoms with Crippen molar-refractivity contribution < 1.29 is 9.90 Å². The summed E-state index contributed by atoms with van der Waals surface area (Å²) in [6.07, 6.45) is 0. The monoisotopic (exact) mass is 235 g/mol. The van der Waals surface area contributed by atoms with Crippen LogP contribution in [0.4, 0.5) is 0 Å². The molecule has 1 amide bonds. The lowest BCUT2D eigenvalue weighted by Gasteiger charge is -2.21. The molecule has 0 aliphatic rings. The van der Waals surface area contributed by atoms with Crippen LogP contribution in [0.5, 0.6) is 0 Å². The quantitative estimate of drug-likeness (QED) is 0.839. The van der Waals surface area contributed by atoms with Crippen LogP contribution in [-0.4, -0.2) is 24.2 Å². The molecule has 17 heavy (non-hydrogen) atoms. The van der Waals surface area contributed by atoms with E-state index in [1.54, 1.807) is 0 Å². The Labute approximate surface area is 103 Å². The van der Waals surface area contributed by atoms with Crippen molar-refractivity contribution in [3.8, 4) is 0 Å². The van der Waals surface area contributed by atoms with E-state index in [-0.39, 0.29) is 17.9 Å². The number of aryl methyl sites for hydroxylation is 2. The third kappa shape index (κ3) is 3.86.